The fourth-order valence-corrected chi connectivity index (χ4v) is 3.77. The molecular formula is C14H19N3O3S. The Hall–Kier alpha value is -1.62. The second-order valence-electron chi connectivity index (χ2n) is 4.95. The van der Waals surface area contributed by atoms with E-state index >= 15 is 0 Å². The van der Waals surface area contributed by atoms with Crippen LogP contribution in [0.15, 0.2) is 18.3 Å². The Labute approximate surface area is 125 Å². The molecule has 7 heteroatoms. The van der Waals surface area contributed by atoms with Gasteiger partial charge in [0.05, 0.1) is 0 Å². The first-order valence-corrected chi connectivity index (χ1v) is 8.32. The van der Waals surface area contributed by atoms with Crippen LogP contribution in [0.25, 0.3) is 0 Å². The van der Waals surface area contributed by atoms with Gasteiger partial charge in [0.1, 0.15) is 12.4 Å². The van der Waals surface area contributed by atoms with E-state index in [-0.39, 0.29) is 18.5 Å². The standard InChI is InChI=1S/C14H19N3O3S/c1-12-5-2-3-9-17(12)21(19,20)16-14-11-13(6-4-10-18)7-8-15-14/h7-8,11-12,18H,2-3,5,9-10H2,1H3,(H,15,16). The van der Waals surface area contributed by atoms with Crippen molar-refractivity contribution >= 4 is 16.0 Å². The SMILES string of the molecule is CC1CCCCN1S(=O)(=O)Nc1cc(C#CCO)ccn1. The Bertz CT molecular complexity index is 649. The predicted molar refractivity (Wildman–Crippen MR) is 80.8 cm³/mol. The summed E-state index contributed by atoms with van der Waals surface area (Å²) in [5.74, 6) is 5.47. The number of aliphatic hydroxyl groups is 1. The molecule has 0 aliphatic carbocycles. The molecule has 114 valence electrons. The molecule has 1 aromatic heterocycles. The van der Waals surface area contributed by atoms with E-state index in [1.807, 2.05) is 6.92 Å². The molecule has 0 spiro atoms. The van der Waals surface area contributed by atoms with Crippen LogP contribution in [-0.2, 0) is 10.2 Å². The maximum Gasteiger partial charge on any atom is 0.303 e. The third-order valence-corrected chi connectivity index (χ3v) is 4.98. The number of hydrogen-bond acceptors (Lipinski definition) is 4. The monoisotopic (exact) mass is 309 g/mol. The summed E-state index contributed by atoms with van der Waals surface area (Å²) in [6.07, 6.45) is 4.29. The first-order chi connectivity index (χ1) is 10.0. The van der Waals surface area contributed by atoms with E-state index < -0.39 is 10.2 Å². The van der Waals surface area contributed by atoms with Crippen LogP contribution >= 0.6 is 0 Å². The summed E-state index contributed by atoms with van der Waals surface area (Å²) in [5, 5.41) is 8.68. The number of nitrogens with zero attached hydrogens (tertiary/aromatic N) is 2. The van der Waals surface area contributed by atoms with Gasteiger partial charge in [-0.25, -0.2) is 4.98 Å². The highest BCUT2D eigenvalue weighted by Crippen LogP contribution is 2.21. The number of aliphatic hydroxyl groups excluding tert-OH is 1. The van der Waals surface area contributed by atoms with Crippen LogP contribution in [0.3, 0.4) is 0 Å². The Kier molecular flexibility index (Phi) is 5.17. The van der Waals surface area contributed by atoms with Gasteiger partial charge in [0.15, 0.2) is 0 Å². The highest BCUT2D eigenvalue weighted by atomic mass is 32.2. The van der Waals surface area contributed by atoms with E-state index in [1.165, 1.54) is 10.5 Å². The maximum absolute atomic E-state index is 12.4. The third-order valence-electron chi connectivity index (χ3n) is 3.36. The van der Waals surface area contributed by atoms with E-state index in [0.717, 1.165) is 19.3 Å². The van der Waals surface area contributed by atoms with Gasteiger partial charge in [-0.05, 0) is 31.9 Å². The molecule has 1 unspecified atom stereocenters. The van der Waals surface area contributed by atoms with Gasteiger partial charge in [0.2, 0.25) is 0 Å². The average molecular weight is 309 g/mol. The lowest BCUT2D eigenvalue weighted by Crippen LogP contribution is -2.44. The molecule has 0 radical (unpaired) electrons. The van der Waals surface area contributed by atoms with Crippen LogP contribution in [-0.4, -0.2) is 42.0 Å². The second kappa shape index (κ2) is 6.89. The topological polar surface area (TPSA) is 82.5 Å². The lowest BCUT2D eigenvalue weighted by Gasteiger charge is -2.32. The second-order valence-corrected chi connectivity index (χ2v) is 6.58. The number of rotatable bonds is 3. The normalized spacial score (nSPS) is 19.6. The van der Waals surface area contributed by atoms with E-state index in [2.05, 4.69) is 21.5 Å². The lowest BCUT2D eigenvalue weighted by molar-refractivity contribution is 0.270. The van der Waals surface area contributed by atoms with Crippen LogP contribution < -0.4 is 4.72 Å². The van der Waals surface area contributed by atoms with Gasteiger partial charge in [0, 0.05) is 24.3 Å². The van der Waals surface area contributed by atoms with Crippen LogP contribution in [0.4, 0.5) is 5.82 Å². The van der Waals surface area contributed by atoms with Gasteiger partial charge in [-0.3, -0.25) is 4.72 Å². The molecule has 0 saturated carbocycles. The minimum atomic E-state index is -3.60. The highest BCUT2D eigenvalue weighted by Gasteiger charge is 2.29. The molecule has 2 heterocycles. The summed E-state index contributed by atoms with van der Waals surface area (Å²) in [6.45, 7) is 2.20. The number of hydrogen-bond donors (Lipinski definition) is 2. The zero-order valence-electron chi connectivity index (χ0n) is 11.9. The molecule has 1 aliphatic heterocycles. The Morgan fingerprint density at radius 3 is 3.05 bits per heavy atom. The van der Waals surface area contributed by atoms with Crippen molar-refractivity contribution in [3.63, 3.8) is 0 Å². The molecule has 1 saturated heterocycles. The summed E-state index contributed by atoms with van der Waals surface area (Å²) < 4.78 is 28.7. The van der Waals surface area contributed by atoms with Crippen molar-refractivity contribution in [2.24, 2.45) is 0 Å². The van der Waals surface area contributed by atoms with Crippen molar-refractivity contribution in [1.29, 1.82) is 0 Å². The van der Waals surface area contributed by atoms with E-state index in [0.29, 0.717) is 12.1 Å². The molecule has 21 heavy (non-hydrogen) atoms. The molecule has 1 aliphatic rings. The maximum atomic E-state index is 12.4. The van der Waals surface area contributed by atoms with E-state index in [9.17, 15) is 8.42 Å². The molecule has 2 rings (SSSR count). The smallest absolute Gasteiger partial charge is 0.303 e. The van der Waals surface area contributed by atoms with Crippen LogP contribution in [0.2, 0.25) is 0 Å². The van der Waals surface area contributed by atoms with Gasteiger partial charge in [-0.15, -0.1) is 0 Å². The fourth-order valence-electron chi connectivity index (χ4n) is 2.33. The lowest BCUT2D eigenvalue weighted by atomic mass is 10.1. The summed E-state index contributed by atoms with van der Waals surface area (Å²) in [6, 6.07) is 3.20. The highest BCUT2D eigenvalue weighted by molar-refractivity contribution is 7.90. The fraction of sp³-hybridized carbons (Fsp3) is 0.500. The number of pyridine rings is 1. The minimum absolute atomic E-state index is 0.00591. The van der Waals surface area contributed by atoms with E-state index in [4.69, 9.17) is 5.11 Å². The molecule has 0 amide bonds. The Balaban J connectivity index is 2.16. The van der Waals surface area contributed by atoms with Crippen molar-refractivity contribution < 1.29 is 13.5 Å². The predicted octanol–water partition coefficient (Wildman–Crippen LogP) is 0.956. The number of piperidine rings is 1. The van der Waals surface area contributed by atoms with Gasteiger partial charge in [0.25, 0.3) is 0 Å². The average Bonchev–Trinajstić information content (AvgIpc) is 2.45. The first kappa shape index (κ1) is 15.8. The minimum Gasteiger partial charge on any atom is -0.384 e. The van der Waals surface area contributed by atoms with Gasteiger partial charge >= 0.3 is 10.2 Å². The molecule has 2 N–H and O–H groups in total. The van der Waals surface area contributed by atoms with Crippen molar-refractivity contribution in [3.05, 3.63) is 23.9 Å². The molecule has 1 fully saturated rings. The van der Waals surface area contributed by atoms with Crippen molar-refractivity contribution in [2.75, 3.05) is 17.9 Å². The molecule has 6 nitrogen and oxygen atoms in total. The zero-order valence-corrected chi connectivity index (χ0v) is 12.7. The van der Waals surface area contributed by atoms with Crippen LogP contribution in [0.5, 0.6) is 0 Å². The summed E-state index contributed by atoms with van der Waals surface area (Å²) in [7, 11) is -3.60. The molecular weight excluding hydrogens is 290 g/mol. The Morgan fingerprint density at radius 2 is 2.33 bits per heavy atom. The molecule has 0 aromatic carbocycles. The van der Waals surface area contributed by atoms with Crippen LogP contribution in [0, 0.1) is 11.8 Å². The number of aromatic nitrogens is 1. The van der Waals surface area contributed by atoms with Crippen molar-refractivity contribution in [2.45, 2.75) is 32.2 Å². The first-order valence-electron chi connectivity index (χ1n) is 6.88. The summed E-state index contributed by atoms with van der Waals surface area (Å²) >= 11 is 0. The zero-order chi connectivity index (χ0) is 15.3. The molecule has 0 bridgehead atoms. The number of nitrogens with one attached hydrogen (secondary N) is 1. The largest absolute Gasteiger partial charge is 0.384 e. The van der Waals surface area contributed by atoms with Gasteiger partial charge in [-0.1, -0.05) is 18.3 Å². The van der Waals surface area contributed by atoms with Gasteiger partial charge < -0.3 is 5.11 Å². The van der Waals surface area contributed by atoms with Gasteiger partial charge in [-0.2, -0.15) is 12.7 Å². The Morgan fingerprint density at radius 1 is 1.52 bits per heavy atom. The quantitative estimate of drug-likeness (QED) is 0.815. The summed E-state index contributed by atoms with van der Waals surface area (Å²) in [5.41, 5.74) is 0.600. The van der Waals surface area contributed by atoms with E-state index in [1.54, 1.807) is 12.1 Å². The third kappa shape index (κ3) is 4.17. The van der Waals surface area contributed by atoms with Crippen molar-refractivity contribution in [1.82, 2.24) is 9.29 Å². The van der Waals surface area contributed by atoms with Crippen LogP contribution in [0.1, 0.15) is 31.7 Å². The van der Waals surface area contributed by atoms with Crippen molar-refractivity contribution in [3.8, 4) is 11.8 Å². The molecule has 1 aromatic rings. The summed E-state index contributed by atoms with van der Waals surface area (Å²) in [4.78, 5) is 4.01. The number of anilines is 1. The molecule has 1 atom stereocenters.